The van der Waals surface area contributed by atoms with E-state index in [9.17, 15) is 18.0 Å². The fourth-order valence-electron chi connectivity index (χ4n) is 2.03. The van der Waals surface area contributed by atoms with E-state index >= 15 is 0 Å². The lowest BCUT2D eigenvalue weighted by Gasteiger charge is -2.18. The van der Waals surface area contributed by atoms with Gasteiger partial charge in [-0.25, -0.2) is 13.2 Å². The summed E-state index contributed by atoms with van der Waals surface area (Å²) < 4.78 is 38.0. The second kappa shape index (κ2) is 4.80. The first-order valence-corrected chi connectivity index (χ1v) is 5.41. The van der Waals surface area contributed by atoms with Gasteiger partial charge < -0.3 is 5.73 Å². The Kier molecular flexibility index (Phi) is 3.36. The van der Waals surface area contributed by atoms with Gasteiger partial charge in [0.25, 0.3) is 0 Å². The zero-order valence-electron chi connectivity index (χ0n) is 9.37. The van der Waals surface area contributed by atoms with Gasteiger partial charge in [0.1, 0.15) is 5.83 Å². The predicted octanol–water partition coefficient (Wildman–Crippen LogP) is 2.27. The molecule has 1 aliphatic heterocycles. The monoisotopic (exact) mass is 256 g/mol. The fraction of sp³-hybridized carbons (Fsp3) is 0.333. The van der Waals surface area contributed by atoms with E-state index in [1.165, 1.54) is 18.4 Å². The number of aliphatic imine (C=N–C) groups is 1. The summed E-state index contributed by atoms with van der Waals surface area (Å²) in [6.45, 7) is 0. The van der Waals surface area contributed by atoms with Crippen LogP contribution in [0.2, 0.25) is 0 Å². The third kappa shape index (κ3) is 2.37. The molecular formula is C12H11F3N2O. The molecule has 1 amide bonds. The van der Waals surface area contributed by atoms with Crippen molar-refractivity contribution in [2.75, 3.05) is 0 Å². The molecule has 3 nitrogen and oxygen atoms in total. The summed E-state index contributed by atoms with van der Waals surface area (Å²) in [7, 11) is 0. The minimum atomic E-state index is -2.66. The molecule has 0 aromatic carbocycles. The highest BCUT2D eigenvalue weighted by Crippen LogP contribution is 2.34. The Labute approximate surface area is 102 Å². The molecule has 0 saturated carbocycles. The van der Waals surface area contributed by atoms with E-state index in [1.54, 1.807) is 0 Å². The van der Waals surface area contributed by atoms with Crippen LogP contribution in [-0.2, 0) is 4.79 Å². The van der Waals surface area contributed by atoms with E-state index in [0.717, 1.165) is 0 Å². The van der Waals surface area contributed by atoms with Crippen LogP contribution in [0.5, 0.6) is 0 Å². The van der Waals surface area contributed by atoms with Gasteiger partial charge in [-0.05, 0) is 17.7 Å². The van der Waals surface area contributed by atoms with E-state index < -0.39 is 30.5 Å². The molecule has 0 fully saturated rings. The number of halogens is 3. The van der Waals surface area contributed by atoms with Crippen LogP contribution in [0.25, 0.3) is 0 Å². The normalized spacial score (nSPS) is 19.8. The molecule has 2 aliphatic rings. The van der Waals surface area contributed by atoms with Gasteiger partial charge in [0.05, 0.1) is 11.6 Å². The molecule has 0 spiro atoms. The molecule has 0 saturated heterocycles. The molecule has 2 N–H and O–H groups in total. The number of carbonyl (C=O) groups is 1. The zero-order chi connectivity index (χ0) is 13.3. The number of nitrogens with zero attached hydrogens (tertiary/aromatic N) is 1. The Morgan fingerprint density at radius 2 is 2.22 bits per heavy atom. The maximum absolute atomic E-state index is 13.2. The van der Waals surface area contributed by atoms with Gasteiger partial charge >= 0.3 is 0 Å². The summed E-state index contributed by atoms with van der Waals surface area (Å²) in [5.74, 6) is -2.45. The molecule has 96 valence electrons. The van der Waals surface area contributed by atoms with Gasteiger partial charge in [0.15, 0.2) is 0 Å². The number of primary amides is 1. The number of alkyl halides is 2. The Bertz CT molecular complexity index is 503. The first-order valence-electron chi connectivity index (χ1n) is 5.41. The number of hydrogen-bond acceptors (Lipinski definition) is 2. The summed E-state index contributed by atoms with van der Waals surface area (Å²) in [5.41, 5.74) is 6.38. The molecule has 6 heteroatoms. The van der Waals surface area contributed by atoms with E-state index in [2.05, 4.69) is 4.99 Å². The smallest absolute Gasteiger partial charge is 0.239 e. The molecular weight excluding hydrogens is 245 g/mol. The molecule has 0 bridgehead atoms. The van der Waals surface area contributed by atoms with Crippen LogP contribution in [0.4, 0.5) is 13.2 Å². The van der Waals surface area contributed by atoms with Crippen molar-refractivity contribution in [1.29, 1.82) is 0 Å². The van der Waals surface area contributed by atoms with E-state index in [1.807, 2.05) is 0 Å². The van der Waals surface area contributed by atoms with Gasteiger partial charge in [0, 0.05) is 24.6 Å². The lowest BCUT2D eigenvalue weighted by molar-refractivity contribution is -0.121. The van der Waals surface area contributed by atoms with Crippen molar-refractivity contribution in [2.24, 2.45) is 16.6 Å². The Hall–Kier alpha value is -1.85. The zero-order valence-corrected chi connectivity index (χ0v) is 9.37. The lowest BCUT2D eigenvalue weighted by Crippen LogP contribution is -2.28. The third-order valence-corrected chi connectivity index (χ3v) is 2.89. The number of amides is 1. The number of hydrogen-bond donors (Lipinski definition) is 1. The van der Waals surface area contributed by atoms with Crippen LogP contribution in [0.15, 0.2) is 40.3 Å². The number of nitrogens with two attached hydrogens (primary N) is 1. The van der Waals surface area contributed by atoms with E-state index in [-0.39, 0.29) is 12.0 Å². The van der Waals surface area contributed by atoms with Crippen LogP contribution >= 0.6 is 0 Å². The predicted molar refractivity (Wildman–Crippen MR) is 60.7 cm³/mol. The second-order valence-corrected chi connectivity index (χ2v) is 4.09. The van der Waals surface area contributed by atoms with Crippen LogP contribution in [0.1, 0.15) is 12.8 Å². The van der Waals surface area contributed by atoms with Gasteiger partial charge in [-0.1, -0.05) is 0 Å². The Morgan fingerprint density at radius 1 is 1.50 bits per heavy atom. The van der Waals surface area contributed by atoms with Crippen LogP contribution in [0.3, 0.4) is 0 Å². The Morgan fingerprint density at radius 3 is 2.83 bits per heavy atom. The summed E-state index contributed by atoms with van der Waals surface area (Å²) in [6.07, 6.45) is 0.821. The van der Waals surface area contributed by atoms with Crippen LogP contribution in [-0.4, -0.2) is 18.0 Å². The summed E-state index contributed by atoms with van der Waals surface area (Å²) in [4.78, 5) is 15.2. The third-order valence-electron chi connectivity index (χ3n) is 2.89. The Balaban J connectivity index is 2.28. The quantitative estimate of drug-likeness (QED) is 0.824. The van der Waals surface area contributed by atoms with E-state index in [0.29, 0.717) is 11.3 Å². The fourth-order valence-corrected chi connectivity index (χ4v) is 2.03. The number of fused-ring (bicyclic) bond motifs is 1. The molecule has 0 aromatic heterocycles. The van der Waals surface area contributed by atoms with Crippen molar-refractivity contribution in [2.45, 2.75) is 19.3 Å². The SMILES string of the molecule is NC(=O)C(CC(F)F)C1=CN=C2CC=C(F)C=C12. The van der Waals surface area contributed by atoms with Gasteiger partial charge in [-0.2, -0.15) is 0 Å². The number of allylic oxidation sites excluding steroid dienone is 4. The molecule has 2 rings (SSSR count). The number of carbonyl (C=O) groups excluding carboxylic acids is 1. The standard InChI is InChI=1S/C12H11F3N2O/c13-6-1-2-10-7(3-6)9(5-17-10)8(12(16)18)4-11(14)15/h1,3,5,8,11H,2,4H2,(H2,16,18). The second-order valence-electron chi connectivity index (χ2n) is 4.09. The summed E-state index contributed by atoms with van der Waals surface area (Å²) >= 11 is 0. The first-order chi connectivity index (χ1) is 8.49. The topological polar surface area (TPSA) is 55.5 Å². The minimum absolute atomic E-state index is 0.279. The lowest BCUT2D eigenvalue weighted by atomic mass is 9.86. The molecule has 0 radical (unpaired) electrons. The van der Waals surface area contributed by atoms with Crippen molar-refractivity contribution < 1.29 is 18.0 Å². The summed E-state index contributed by atoms with van der Waals surface area (Å²) in [6, 6.07) is 0. The first kappa shape index (κ1) is 12.6. The maximum atomic E-state index is 13.2. The molecule has 1 unspecified atom stereocenters. The van der Waals surface area contributed by atoms with Crippen molar-refractivity contribution in [1.82, 2.24) is 0 Å². The molecule has 1 atom stereocenters. The summed E-state index contributed by atoms with van der Waals surface area (Å²) in [5, 5.41) is 0. The van der Waals surface area contributed by atoms with Crippen LogP contribution < -0.4 is 5.73 Å². The molecule has 1 heterocycles. The molecule has 0 aromatic rings. The van der Waals surface area contributed by atoms with Gasteiger partial charge in [-0.15, -0.1) is 0 Å². The minimum Gasteiger partial charge on any atom is -0.369 e. The average molecular weight is 256 g/mol. The van der Waals surface area contributed by atoms with Gasteiger partial charge in [0.2, 0.25) is 12.3 Å². The van der Waals surface area contributed by atoms with Crippen molar-refractivity contribution in [3.8, 4) is 0 Å². The largest absolute Gasteiger partial charge is 0.369 e. The molecule has 18 heavy (non-hydrogen) atoms. The van der Waals surface area contributed by atoms with Crippen LogP contribution in [0, 0.1) is 5.92 Å². The molecule has 1 aliphatic carbocycles. The number of rotatable bonds is 4. The van der Waals surface area contributed by atoms with Gasteiger partial charge in [-0.3, -0.25) is 9.79 Å². The van der Waals surface area contributed by atoms with Crippen molar-refractivity contribution in [3.05, 3.63) is 35.3 Å². The van der Waals surface area contributed by atoms with Crippen molar-refractivity contribution >= 4 is 11.6 Å². The average Bonchev–Trinajstić information content (AvgIpc) is 2.68. The highest BCUT2D eigenvalue weighted by molar-refractivity contribution is 6.09. The maximum Gasteiger partial charge on any atom is 0.239 e. The van der Waals surface area contributed by atoms with E-state index in [4.69, 9.17) is 5.73 Å². The van der Waals surface area contributed by atoms with Crippen molar-refractivity contribution in [3.63, 3.8) is 0 Å². The highest BCUT2D eigenvalue weighted by Gasteiger charge is 2.31. The highest BCUT2D eigenvalue weighted by atomic mass is 19.3.